The predicted molar refractivity (Wildman–Crippen MR) is 82.9 cm³/mol. The molecule has 0 aliphatic rings. The summed E-state index contributed by atoms with van der Waals surface area (Å²) in [4.78, 5) is 26.8. The quantitative estimate of drug-likeness (QED) is 0.809. The number of nitrogens with one attached hydrogen (secondary N) is 2. The largest absolute Gasteiger partial charge is 0.465 e. The standard InChI is InChI=1S/C16H17N3O3/c1-10-6-13(9-17-8-10)15(20)19-14-5-3-4-12(7-14)11(2)18-16(21)22/h3-9,11,18H,1-2H3,(H,19,20)(H,21,22). The summed E-state index contributed by atoms with van der Waals surface area (Å²) in [6, 6.07) is 8.43. The van der Waals surface area contributed by atoms with Gasteiger partial charge in [-0.05, 0) is 43.2 Å². The van der Waals surface area contributed by atoms with Gasteiger partial charge in [-0.3, -0.25) is 9.78 Å². The molecule has 0 spiro atoms. The number of carbonyl (C=O) groups is 2. The van der Waals surface area contributed by atoms with Crippen LogP contribution in [0.25, 0.3) is 0 Å². The number of pyridine rings is 1. The van der Waals surface area contributed by atoms with Crippen LogP contribution in [0.2, 0.25) is 0 Å². The van der Waals surface area contributed by atoms with Gasteiger partial charge in [-0.15, -0.1) is 0 Å². The molecule has 0 radical (unpaired) electrons. The minimum absolute atomic E-state index is 0.257. The Balaban J connectivity index is 2.13. The molecule has 3 N–H and O–H groups in total. The van der Waals surface area contributed by atoms with Crippen LogP contribution in [0.15, 0.2) is 42.7 Å². The molecule has 0 bridgehead atoms. The van der Waals surface area contributed by atoms with Gasteiger partial charge >= 0.3 is 6.09 Å². The maximum absolute atomic E-state index is 12.2. The van der Waals surface area contributed by atoms with Crippen LogP contribution < -0.4 is 10.6 Å². The van der Waals surface area contributed by atoms with Crippen LogP contribution in [0, 0.1) is 6.92 Å². The first-order valence-corrected chi connectivity index (χ1v) is 6.78. The molecule has 2 aromatic rings. The fourth-order valence-electron chi connectivity index (χ4n) is 2.04. The Hall–Kier alpha value is -2.89. The molecule has 1 aromatic carbocycles. The Bertz CT molecular complexity index is 701. The van der Waals surface area contributed by atoms with Crippen molar-refractivity contribution in [2.24, 2.45) is 0 Å². The molecule has 0 saturated heterocycles. The second-order valence-corrected chi connectivity index (χ2v) is 5.00. The lowest BCUT2D eigenvalue weighted by Crippen LogP contribution is -2.24. The monoisotopic (exact) mass is 299 g/mol. The zero-order chi connectivity index (χ0) is 16.1. The van der Waals surface area contributed by atoms with E-state index in [-0.39, 0.29) is 11.9 Å². The lowest BCUT2D eigenvalue weighted by atomic mass is 10.1. The van der Waals surface area contributed by atoms with E-state index in [9.17, 15) is 9.59 Å². The maximum Gasteiger partial charge on any atom is 0.405 e. The SMILES string of the molecule is Cc1cncc(C(=O)Nc2cccc(C(C)NC(=O)O)c2)c1. The molecule has 0 aliphatic carbocycles. The summed E-state index contributed by atoms with van der Waals surface area (Å²) in [5, 5.41) is 13.9. The van der Waals surface area contributed by atoms with E-state index in [2.05, 4.69) is 15.6 Å². The fraction of sp³-hybridized carbons (Fsp3) is 0.188. The molecule has 2 rings (SSSR count). The van der Waals surface area contributed by atoms with E-state index in [1.807, 2.05) is 6.92 Å². The molecule has 1 atom stereocenters. The van der Waals surface area contributed by atoms with Crippen molar-refractivity contribution in [2.45, 2.75) is 19.9 Å². The number of carboxylic acid groups (broad SMARTS) is 1. The number of hydrogen-bond donors (Lipinski definition) is 3. The minimum Gasteiger partial charge on any atom is -0.465 e. The molecule has 0 aliphatic heterocycles. The summed E-state index contributed by atoms with van der Waals surface area (Å²) in [5.74, 6) is -0.257. The van der Waals surface area contributed by atoms with E-state index in [0.29, 0.717) is 11.3 Å². The Kier molecular flexibility index (Phi) is 4.73. The molecule has 0 fully saturated rings. The predicted octanol–water partition coefficient (Wildman–Crippen LogP) is 2.97. The summed E-state index contributed by atoms with van der Waals surface area (Å²) < 4.78 is 0. The third kappa shape index (κ3) is 4.05. The number of aryl methyl sites for hydroxylation is 1. The molecule has 1 unspecified atom stereocenters. The third-order valence-corrected chi connectivity index (χ3v) is 3.12. The van der Waals surface area contributed by atoms with Gasteiger partial charge in [0.1, 0.15) is 0 Å². The first-order chi connectivity index (χ1) is 10.5. The van der Waals surface area contributed by atoms with Crippen LogP contribution in [0.3, 0.4) is 0 Å². The highest BCUT2D eigenvalue weighted by molar-refractivity contribution is 6.04. The molecular weight excluding hydrogens is 282 g/mol. The lowest BCUT2D eigenvalue weighted by molar-refractivity contribution is 0.102. The van der Waals surface area contributed by atoms with Crippen molar-refractivity contribution in [1.29, 1.82) is 0 Å². The molecule has 22 heavy (non-hydrogen) atoms. The second-order valence-electron chi connectivity index (χ2n) is 5.00. The number of amides is 2. The van der Waals surface area contributed by atoms with Gasteiger partial charge < -0.3 is 15.7 Å². The Morgan fingerprint density at radius 1 is 1.23 bits per heavy atom. The van der Waals surface area contributed by atoms with Crippen molar-refractivity contribution in [3.63, 3.8) is 0 Å². The summed E-state index contributed by atoms with van der Waals surface area (Å²) in [6.07, 6.45) is 2.09. The van der Waals surface area contributed by atoms with E-state index >= 15 is 0 Å². The fourth-order valence-corrected chi connectivity index (χ4v) is 2.04. The highest BCUT2D eigenvalue weighted by Crippen LogP contribution is 2.18. The van der Waals surface area contributed by atoms with Crippen LogP contribution in [0.4, 0.5) is 10.5 Å². The van der Waals surface area contributed by atoms with Crippen molar-refractivity contribution in [3.05, 3.63) is 59.4 Å². The van der Waals surface area contributed by atoms with E-state index in [0.717, 1.165) is 11.1 Å². The molecule has 114 valence electrons. The number of anilines is 1. The molecule has 0 saturated carbocycles. The van der Waals surface area contributed by atoms with Crippen LogP contribution in [-0.4, -0.2) is 22.1 Å². The average molecular weight is 299 g/mol. The smallest absolute Gasteiger partial charge is 0.405 e. The molecular formula is C16H17N3O3. The Labute approximate surface area is 128 Å². The van der Waals surface area contributed by atoms with Crippen LogP contribution in [-0.2, 0) is 0 Å². The van der Waals surface area contributed by atoms with E-state index < -0.39 is 6.09 Å². The average Bonchev–Trinajstić information content (AvgIpc) is 2.47. The van der Waals surface area contributed by atoms with Crippen LogP contribution in [0.5, 0.6) is 0 Å². The first-order valence-electron chi connectivity index (χ1n) is 6.78. The summed E-state index contributed by atoms with van der Waals surface area (Å²) in [7, 11) is 0. The topological polar surface area (TPSA) is 91.3 Å². The number of benzene rings is 1. The summed E-state index contributed by atoms with van der Waals surface area (Å²) in [6.45, 7) is 3.60. The second kappa shape index (κ2) is 6.71. The highest BCUT2D eigenvalue weighted by Gasteiger charge is 2.10. The number of rotatable bonds is 4. The van der Waals surface area contributed by atoms with Gasteiger partial charge in [-0.25, -0.2) is 4.79 Å². The van der Waals surface area contributed by atoms with Gasteiger partial charge in [0.05, 0.1) is 11.6 Å². The van der Waals surface area contributed by atoms with E-state index in [1.165, 1.54) is 6.20 Å². The first kappa shape index (κ1) is 15.5. The number of hydrogen-bond acceptors (Lipinski definition) is 3. The highest BCUT2D eigenvalue weighted by atomic mass is 16.4. The van der Waals surface area contributed by atoms with Crippen molar-refractivity contribution in [2.75, 3.05) is 5.32 Å². The third-order valence-electron chi connectivity index (χ3n) is 3.12. The number of aromatic nitrogens is 1. The molecule has 6 nitrogen and oxygen atoms in total. The molecule has 1 aromatic heterocycles. The van der Waals surface area contributed by atoms with Gasteiger partial charge in [-0.2, -0.15) is 0 Å². The number of nitrogens with zero attached hydrogens (tertiary/aromatic N) is 1. The zero-order valence-corrected chi connectivity index (χ0v) is 12.3. The zero-order valence-electron chi connectivity index (χ0n) is 12.3. The Morgan fingerprint density at radius 2 is 2.00 bits per heavy atom. The van der Waals surface area contributed by atoms with Crippen molar-refractivity contribution in [1.82, 2.24) is 10.3 Å². The minimum atomic E-state index is -1.09. The van der Waals surface area contributed by atoms with E-state index in [4.69, 9.17) is 5.11 Å². The van der Waals surface area contributed by atoms with Crippen molar-refractivity contribution < 1.29 is 14.7 Å². The van der Waals surface area contributed by atoms with Gasteiger partial charge in [-0.1, -0.05) is 12.1 Å². The van der Waals surface area contributed by atoms with Crippen molar-refractivity contribution >= 4 is 17.7 Å². The lowest BCUT2D eigenvalue weighted by Gasteiger charge is -2.13. The molecule has 1 heterocycles. The van der Waals surface area contributed by atoms with Gasteiger partial charge in [0, 0.05) is 18.1 Å². The van der Waals surface area contributed by atoms with Gasteiger partial charge in [0.15, 0.2) is 0 Å². The van der Waals surface area contributed by atoms with Gasteiger partial charge in [0.2, 0.25) is 0 Å². The van der Waals surface area contributed by atoms with E-state index in [1.54, 1.807) is 43.5 Å². The normalized spacial score (nSPS) is 11.5. The van der Waals surface area contributed by atoms with Gasteiger partial charge in [0.25, 0.3) is 5.91 Å². The van der Waals surface area contributed by atoms with Crippen LogP contribution >= 0.6 is 0 Å². The maximum atomic E-state index is 12.2. The Morgan fingerprint density at radius 3 is 2.68 bits per heavy atom. The molecule has 6 heteroatoms. The summed E-state index contributed by atoms with van der Waals surface area (Å²) >= 11 is 0. The summed E-state index contributed by atoms with van der Waals surface area (Å²) in [5.41, 5.74) is 2.74. The number of carbonyl (C=O) groups excluding carboxylic acids is 1. The van der Waals surface area contributed by atoms with Crippen molar-refractivity contribution in [3.8, 4) is 0 Å². The van der Waals surface area contributed by atoms with Crippen LogP contribution in [0.1, 0.15) is 34.5 Å². The molecule has 2 amide bonds.